The number of rotatable bonds is 0. The molecule has 2 aromatic rings. The Bertz CT molecular complexity index is 753. The number of fused-ring (bicyclic) bond motifs is 4. The monoisotopic (exact) mass is 357 g/mol. The summed E-state index contributed by atoms with van der Waals surface area (Å²) in [6.45, 7) is 7.60. The zero-order chi connectivity index (χ0) is 15.5. The second-order valence-electron chi connectivity index (χ2n) is 6.99. The Hall–Kier alpha value is -1.48. The first-order valence-corrected chi connectivity index (χ1v) is 8.56. The Morgan fingerprint density at radius 1 is 1.18 bits per heavy atom. The van der Waals surface area contributed by atoms with E-state index >= 15 is 0 Å². The topological polar surface area (TPSA) is 21.3 Å². The van der Waals surface area contributed by atoms with Gasteiger partial charge in [0.2, 0.25) is 0 Å². The number of benzene rings is 2. The summed E-state index contributed by atoms with van der Waals surface area (Å²) in [7, 11) is 0. The summed E-state index contributed by atoms with van der Waals surface area (Å²) in [4.78, 5) is 0. The van der Waals surface area contributed by atoms with Gasteiger partial charge in [-0.15, -0.1) is 0 Å². The van der Waals surface area contributed by atoms with E-state index < -0.39 is 0 Å². The van der Waals surface area contributed by atoms with Gasteiger partial charge in [-0.05, 0) is 36.8 Å². The van der Waals surface area contributed by atoms with Crippen LogP contribution in [0.25, 0.3) is 0 Å². The zero-order valence-corrected chi connectivity index (χ0v) is 14.7. The van der Waals surface area contributed by atoms with E-state index in [0.717, 1.165) is 16.8 Å². The third kappa shape index (κ3) is 1.98. The molecular weight excluding hydrogens is 338 g/mol. The van der Waals surface area contributed by atoms with Gasteiger partial charge in [-0.3, -0.25) is 0 Å². The zero-order valence-electron chi connectivity index (χ0n) is 13.1. The van der Waals surface area contributed by atoms with Gasteiger partial charge in [0.25, 0.3) is 0 Å². The Morgan fingerprint density at radius 3 is 2.82 bits per heavy atom. The average molecular weight is 358 g/mol. The van der Waals surface area contributed by atoms with Gasteiger partial charge in [-0.2, -0.15) is 0 Å². The molecule has 0 saturated carbocycles. The first-order valence-electron chi connectivity index (χ1n) is 7.77. The molecule has 4 rings (SSSR count). The van der Waals surface area contributed by atoms with E-state index in [-0.39, 0.29) is 5.41 Å². The highest BCUT2D eigenvalue weighted by atomic mass is 79.9. The van der Waals surface area contributed by atoms with E-state index in [0.29, 0.717) is 12.0 Å². The van der Waals surface area contributed by atoms with Crippen LogP contribution in [0.5, 0.6) is 5.75 Å². The summed E-state index contributed by atoms with van der Waals surface area (Å²) in [5.74, 6) is 1.42. The number of hydrogen-bond acceptors (Lipinski definition) is 2. The molecule has 2 aliphatic heterocycles. The van der Waals surface area contributed by atoms with E-state index in [2.05, 4.69) is 72.3 Å². The third-order valence-corrected chi connectivity index (χ3v) is 5.73. The van der Waals surface area contributed by atoms with Crippen molar-refractivity contribution < 1.29 is 4.74 Å². The molecule has 2 atom stereocenters. The number of halogens is 1. The molecule has 22 heavy (non-hydrogen) atoms. The molecule has 0 bridgehead atoms. The molecule has 2 aromatic carbocycles. The minimum Gasteiger partial charge on any atom is -0.493 e. The predicted octanol–water partition coefficient (Wildman–Crippen LogP) is 5.21. The molecule has 0 aliphatic carbocycles. The first kappa shape index (κ1) is 14.1. The lowest BCUT2D eigenvalue weighted by Gasteiger charge is -2.48. The van der Waals surface area contributed by atoms with Crippen molar-refractivity contribution in [2.24, 2.45) is 5.92 Å². The summed E-state index contributed by atoms with van der Waals surface area (Å²) in [6.07, 6.45) is 0. The second kappa shape index (κ2) is 4.76. The number of ether oxygens (including phenoxy) is 1. The van der Waals surface area contributed by atoms with Crippen molar-refractivity contribution in [3.05, 3.63) is 57.6 Å². The summed E-state index contributed by atoms with van der Waals surface area (Å²) in [6, 6.07) is 13.3. The van der Waals surface area contributed by atoms with Crippen molar-refractivity contribution in [1.82, 2.24) is 0 Å². The van der Waals surface area contributed by atoms with Crippen LogP contribution in [0.1, 0.15) is 36.6 Å². The van der Waals surface area contributed by atoms with E-state index in [4.69, 9.17) is 4.74 Å². The van der Waals surface area contributed by atoms with Gasteiger partial charge in [-0.25, -0.2) is 0 Å². The Balaban J connectivity index is 1.88. The quantitative estimate of drug-likeness (QED) is 0.698. The van der Waals surface area contributed by atoms with Crippen molar-refractivity contribution in [3.8, 4) is 5.75 Å². The third-order valence-electron chi connectivity index (χ3n) is 5.23. The van der Waals surface area contributed by atoms with Crippen molar-refractivity contribution in [3.63, 3.8) is 0 Å². The highest BCUT2D eigenvalue weighted by Crippen LogP contribution is 2.52. The SMILES string of the molecule is Cc1ccc2c(c1)C(C)(C)[C@@H]1COc3ccc(Br)cc3[C@@H]1N2. The Morgan fingerprint density at radius 2 is 2.00 bits per heavy atom. The van der Waals surface area contributed by atoms with E-state index in [1.807, 2.05) is 6.07 Å². The van der Waals surface area contributed by atoms with E-state index in [1.165, 1.54) is 22.4 Å². The van der Waals surface area contributed by atoms with Crippen molar-refractivity contribution in [1.29, 1.82) is 0 Å². The molecule has 0 saturated heterocycles. The van der Waals surface area contributed by atoms with Crippen molar-refractivity contribution in [2.45, 2.75) is 32.2 Å². The summed E-state index contributed by atoms with van der Waals surface area (Å²) in [5, 5.41) is 3.76. The fourth-order valence-electron chi connectivity index (χ4n) is 3.87. The summed E-state index contributed by atoms with van der Waals surface area (Å²) < 4.78 is 7.17. The molecule has 2 nitrogen and oxygen atoms in total. The van der Waals surface area contributed by atoms with Crippen LogP contribution in [-0.2, 0) is 5.41 Å². The van der Waals surface area contributed by atoms with Gasteiger partial charge < -0.3 is 10.1 Å². The van der Waals surface area contributed by atoms with Crippen molar-refractivity contribution >= 4 is 21.6 Å². The predicted molar refractivity (Wildman–Crippen MR) is 93.7 cm³/mol. The molecule has 3 heteroatoms. The second-order valence-corrected chi connectivity index (χ2v) is 7.91. The maximum atomic E-state index is 6.07. The lowest BCUT2D eigenvalue weighted by molar-refractivity contribution is 0.135. The van der Waals surface area contributed by atoms with Crippen LogP contribution in [0.4, 0.5) is 5.69 Å². The van der Waals surface area contributed by atoms with Gasteiger partial charge in [0, 0.05) is 27.1 Å². The number of anilines is 1. The fraction of sp³-hybridized carbons (Fsp3) is 0.368. The molecule has 0 aromatic heterocycles. The largest absolute Gasteiger partial charge is 0.493 e. The van der Waals surface area contributed by atoms with Crippen LogP contribution in [0.15, 0.2) is 40.9 Å². The summed E-state index contributed by atoms with van der Waals surface area (Å²) >= 11 is 3.59. The molecule has 0 radical (unpaired) electrons. The van der Waals surface area contributed by atoms with Gasteiger partial charge in [0.15, 0.2) is 0 Å². The molecule has 0 amide bonds. The number of nitrogens with one attached hydrogen (secondary N) is 1. The van der Waals surface area contributed by atoms with Gasteiger partial charge in [0.1, 0.15) is 5.75 Å². The van der Waals surface area contributed by atoms with Gasteiger partial charge in [0.05, 0.1) is 12.6 Å². The lowest BCUT2D eigenvalue weighted by Crippen LogP contribution is -2.46. The highest BCUT2D eigenvalue weighted by Gasteiger charge is 2.46. The maximum absolute atomic E-state index is 6.07. The Labute approximate surface area is 140 Å². The van der Waals surface area contributed by atoms with E-state index in [9.17, 15) is 0 Å². The molecule has 0 fully saturated rings. The Kier molecular flexibility index (Phi) is 3.06. The average Bonchev–Trinajstić information content (AvgIpc) is 2.48. The molecule has 2 heterocycles. The lowest BCUT2D eigenvalue weighted by atomic mass is 9.65. The minimum atomic E-state index is 0.0806. The molecule has 0 unspecified atom stereocenters. The normalized spacial score (nSPS) is 24.4. The van der Waals surface area contributed by atoms with Crippen LogP contribution < -0.4 is 10.1 Å². The highest BCUT2D eigenvalue weighted by molar-refractivity contribution is 9.10. The standard InChI is InChI=1S/C19H20BrNO/c1-11-4-6-16-14(8-11)19(2,3)15-10-22-17-7-5-12(20)9-13(17)18(15)21-16/h4-9,15,18,21H,10H2,1-3H3/t15-,18+/m1/s1. The van der Waals surface area contributed by atoms with E-state index in [1.54, 1.807) is 0 Å². The van der Waals surface area contributed by atoms with Crippen LogP contribution in [0, 0.1) is 12.8 Å². The molecule has 114 valence electrons. The fourth-order valence-corrected chi connectivity index (χ4v) is 4.25. The van der Waals surface area contributed by atoms with Crippen LogP contribution in [0.3, 0.4) is 0 Å². The van der Waals surface area contributed by atoms with Crippen molar-refractivity contribution in [2.75, 3.05) is 11.9 Å². The smallest absolute Gasteiger partial charge is 0.124 e. The number of hydrogen-bond donors (Lipinski definition) is 1. The summed E-state index contributed by atoms with van der Waals surface area (Å²) in [5.41, 5.74) is 5.30. The molecule has 0 spiro atoms. The number of aryl methyl sites for hydroxylation is 1. The molecular formula is C19H20BrNO. The van der Waals surface area contributed by atoms with Gasteiger partial charge >= 0.3 is 0 Å². The molecule has 1 N–H and O–H groups in total. The van der Waals surface area contributed by atoms with Crippen LogP contribution in [0.2, 0.25) is 0 Å². The maximum Gasteiger partial charge on any atom is 0.124 e. The van der Waals surface area contributed by atoms with Crippen LogP contribution >= 0.6 is 15.9 Å². The minimum absolute atomic E-state index is 0.0806. The first-order chi connectivity index (χ1) is 10.5. The van der Waals surface area contributed by atoms with Gasteiger partial charge in [-0.1, -0.05) is 47.5 Å². The van der Waals surface area contributed by atoms with Crippen LogP contribution in [-0.4, -0.2) is 6.61 Å². The molecule has 2 aliphatic rings.